The van der Waals surface area contributed by atoms with Gasteiger partial charge in [0.1, 0.15) is 0 Å². The summed E-state index contributed by atoms with van der Waals surface area (Å²) in [7, 11) is 0. The van der Waals surface area contributed by atoms with Crippen LogP contribution < -0.4 is 11.1 Å². The Bertz CT molecular complexity index is 653. The predicted octanol–water partition coefficient (Wildman–Crippen LogP) is 2.54. The molecule has 0 atom stereocenters. The molecule has 3 N–H and O–H groups in total. The van der Waals surface area contributed by atoms with E-state index in [4.69, 9.17) is 5.73 Å². The fourth-order valence-corrected chi connectivity index (χ4v) is 1.69. The Hall–Kier alpha value is -2.22. The van der Waals surface area contributed by atoms with Gasteiger partial charge in [-0.3, -0.25) is 19.9 Å². The molecule has 0 saturated carbocycles. The first-order valence-electron chi connectivity index (χ1n) is 5.80. The number of nitro groups is 1. The molecule has 0 radical (unpaired) electrons. The molecule has 2 rings (SSSR count). The van der Waals surface area contributed by atoms with Gasteiger partial charge in [0, 0.05) is 41.8 Å². The van der Waals surface area contributed by atoms with E-state index in [2.05, 4.69) is 10.3 Å². The highest BCUT2D eigenvalue weighted by molar-refractivity contribution is 6.04. The molecule has 0 fully saturated rings. The average Bonchev–Trinajstić information content (AvgIpc) is 2.47. The summed E-state index contributed by atoms with van der Waals surface area (Å²) in [6.45, 7) is 0.0442. The molecule has 0 spiro atoms. The van der Waals surface area contributed by atoms with Gasteiger partial charge in [0.2, 0.25) is 0 Å². The zero-order valence-corrected chi connectivity index (χ0v) is 12.9. The van der Waals surface area contributed by atoms with Crippen LogP contribution in [-0.2, 0) is 6.54 Å². The van der Waals surface area contributed by atoms with E-state index in [-0.39, 0.29) is 42.6 Å². The lowest BCUT2D eigenvalue weighted by molar-refractivity contribution is -0.385. The van der Waals surface area contributed by atoms with E-state index in [0.29, 0.717) is 11.3 Å². The van der Waals surface area contributed by atoms with Gasteiger partial charge in [0.25, 0.3) is 11.6 Å². The molecule has 0 aliphatic carbocycles. The standard InChI is InChI=1S/C13H12N4O3.2ClH/c14-8-10-2-1-9(7-12(10)17(19)20)13(18)16-11-3-5-15-6-4-11;;/h1-7H,8,14H2,(H,15,16,18);2*1H. The summed E-state index contributed by atoms with van der Waals surface area (Å²) in [6, 6.07) is 7.46. The number of nitrogens with two attached hydrogens (primary N) is 1. The number of amides is 1. The van der Waals surface area contributed by atoms with Crippen LogP contribution in [0.1, 0.15) is 15.9 Å². The molecule has 1 heterocycles. The lowest BCUT2D eigenvalue weighted by atomic mass is 10.1. The average molecular weight is 345 g/mol. The number of nitrogens with zero attached hydrogens (tertiary/aromatic N) is 2. The van der Waals surface area contributed by atoms with E-state index in [9.17, 15) is 14.9 Å². The summed E-state index contributed by atoms with van der Waals surface area (Å²) in [5.41, 5.74) is 6.42. The van der Waals surface area contributed by atoms with Crippen molar-refractivity contribution in [2.24, 2.45) is 5.73 Å². The van der Waals surface area contributed by atoms with Gasteiger partial charge in [-0.2, -0.15) is 0 Å². The lowest BCUT2D eigenvalue weighted by Gasteiger charge is -2.06. The molecule has 22 heavy (non-hydrogen) atoms. The van der Waals surface area contributed by atoms with Crippen molar-refractivity contribution in [1.29, 1.82) is 0 Å². The Morgan fingerprint density at radius 3 is 2.41 bits per heavy atom. The van der Waals surface area contributed by atoms with Crippen molar-refractivity contribution >= 4 is 42.1 Å². The van der Waals surface area contributed by atoms with Gasteiger partial charge in [0.05, 0.1) is 4.92 Å². The summed E-state index contributed by atoms with van der Waals surface area (Å²) in [5.74, 6) is -0.428. The van der Waals surface area contributed by atoms with Crippen LogP contribution in [0, 0.1) is 10.1 Å². The predicted molar refractivity (Wildman–Crippen MR) is 87.7 cm³/mol. The minimum absolute atomic E-state index is 0. The Labute approximate surface area is 138 Å². The molecule has 1 amide bonds. The largest absolute Gasteiger partial charge is 0.326 e. The number of carbonyl (C=O) groups is 1. The number of pyridine rings is 1. The number of rotatable bonds is 4. The third-order valence-corrected chi connectivity index (χ3v) is 2.70. The molecule has 0 aliphatic rings. The first-order valence-corrected chi connectivity index (χ1v) is 5.80. The van der Waals surface area contributed by atoms with Gasteiger partial charge in [-0.05, 0) is 18.2 Å². The Balaban J connectivity index is 0.00000220. The summed E-state index contributed by atoms with van der Waals surface area (Å²) in [6.07, 6.45) is 3.07. The first-order chi connectivity index (χ1) is 9.61. The van der Waals surface area contributed by atoms with E-state index in [1.165, 1.54) is 30.6 Å². The number of aromatic nitrogens is 1. The highest BCUT2D eigenvalue weighted by Gasteiger charge is 2.16. The number of nitrogens with one attached hydrogen (secondary N) is 1. The van der Waals surface area contributed by atoms with Crippen LogP contribution in [-0.4, -0.2) is 15.8 Å². The molecular weight excluding hydrogens is 331 g/mol. The number of benzene rings is 1. The Kier molecular flexibility index (Phi) is 8.03. The minimum Gasteiger partial charge on any atom is -0.326 e. The Morgan fingerprint density at radius 2 is 1.86 bits per heavy atom. The molecule has 0 bridgehead atoms. The highest BCUT2D eigenvalue weighted by atomic mass is 35.5. The molecule has 7 nitrogen and oxygen atoms in total. The van der Waals surface area contributed by atoms with Gasteiger partial charge in [-0.15, -0.1) is 24.8 Å². The van der Waals surface area contributed by atoms with E-state index < -0.39 is 10.8 Å². The number of nitro benzene ring substituents is 1. The van der Waals surface area contributed by atoms with Gasteiger partial charge in [0.15, 0.2) is 0 Å². The fraction of sp³-hybridized carbons (Fsp3) is 0.0769. The SMILES string of the molecule is Cl.Cl.NCc1ccc(C(=O)Nc2ccncc2)cc1[N+](=O)[O-]. The molecular formula is C13H14Cl2N4O3. The maximum Gasteiger partial charge on any atom is 0.274 e. The van der Waals surface area contributed by atoms with Crippen LogP contribution in [0.5, 0.6) is 0 Å². The number of anilines is 1. The van der Waals surface area contributed by atoms with Crippen molar-refractivity contribution in [1.82, 2.24) is 4.98 Å². The smallest absolute Gasteiger partial charge is 0.274 e. The minimum atomic E-state index is -0.550. The summed E-state index contributed by atoms with van der Waals surface area (Å²) < 4.78 is 0. The molecule has 0 saturated heterocycles. The number of hydrogen-bond donors (Lipinski definition) is 2. The maximum atomic E-state index is 12.0. The van der Waals surface area contributed by atoms with Crippen molar-refractivity contribution in [3.63, 3.8) is 0 Å². The second-order valence-corrected chi connectivity index (χ2v) is 3.99. The number of hydrogen-bond acceptors (Lipinski definition) is 5. The third-order valence-electron chi connectivity index (χ3n) is 2.70. The monoisotopic (exact) mass is 344 g/mol. The van der Waals surface area contributed by atoms with Crippen LogP contribution in [0.15, 0.2) is 42.7 Å². The quantitative estimate of drug-likeness (QED) is 0.653. The maximum absolute atomic E-state index is 12.0. The number of carbonyl (C=O) groups excluding carboxylic acids is 1. The van der Waals surface area contributed by atoms with Gasteiger partial charge in [-0.25, -0.2) is 0 Å². The highest BCUT2D eigenvalue weighted by Crippen LogP contribution is 2.20. The van der Waals surface area contributed by atoms with Crippen LogP contribution in [0.3, 0.4) is 0 Å². The first kappa shape index (κ1) is 19.8. The summed E-state index contributed by atoms with van der Waals surface area (Å²) >= 11 is 0. The molecule has 0 aliphatic heterocycles. The normalized spacial score (nSPS) is 9.14. The second kappa shape index (κ2) is 8.93. The molecule has 9 heteroatoms. The zero-order valence-electron chi connectivity index (χ0n) is 11.3. The van der Waals surface area contributed by atoms with Crippen molar-refractivity contribution < 1.29 is 9.72 Å². The van der Waals surface area contributed by atoms with Crippen molar-refractivity contribution in [2.45, 2.75) is 6.54 Å². The Morgan fingerprint density at radius 1 is 1.23 bits per heavy atom. The topological polar surface area (TPSA) is 111 Å². The molecule has 118 valence electrons. The van der Waals surface area contributed by atoms with Crippen LogP contribution in [0.2, 0.25) is 0 Å². The van der Waals surface area contributed by atoms with E-state index in [1.807, 2.05) is 0 Å². The van der Waals surface area contributed by atoms with Crippen molar-refractivity contribution in [3.8, 4) is 0 Å². The molecule has 2 aromatic rings. The number of halogens is 2. The molecule has 0 unspecified atom stereocenters. The summed E-state index contributed by atoms with van der Waals surface area (Å²) in [4.78, 5) is 26.2. The molecule has 1 aromatic carbocycles. The van der Waals surface area contributed by atoms with Gasteiger partial charge < -0.3 is 11.1 Å². The zero-order chi connectivity index (χ0) is 14.5. The van der Waals surface area contributed by atoms with Crippen LogP contribution >= 0.6 is 24.8 Å². The van der Waals surface area contributed by atoms with E-state index in [0.717, 1.165) is 0 Å². The van der Waals surface area contributed by atoms with Gasteiger partial charge in [-0.1, -0.05) is 6.07 Å². The van der Waals surface area contributed by atoms with E-state index >= 15 is 0 Å². The summed E-state index contributed by atoms with van der Waals surface area (Å²) in [5, 5.41) is 13.6. The third kappa shape index (κ3) is 4.66. The van der Waals surface area contributed by atoms with Crippen LogP contribution in [0.4, 0.5) is 11.4 Å². The van der Waals surface area contributed by atoms with Crippen LogP contribution in [0.25, 0.3) is 0 Å². The lowest BCUT2D eigenvalue weighted by Crippen LogP contribution is -2.13. The van der Waals surface area contributed by atoms with Crippen molar-refractivity contribution in [2.75, 3.05) is 5.32 Å². The van der Waals surface area contributed by atoms with Gasteiger partial charge >= 0.3 is 0 Å². The van der Waals surface area contributed by atoms with E-state index in [1.54, 1.807) is 12.1 Å². The van der Waals surface area contributed by atoms with Crippen molar-refractivity contribution in [3.05, 3.63) is 64.0 Å². The fourth-order valence-electron chi connectivity index (χ4n) is 1.69. The molecule has 1 aromatic heterocycles. The second-order valence-electron chi connectivity index (χ2n) is 3.99.